The maximum Gasteiger partial charge on any atom is 0.341 e. The minimum absolute atomic E-state index is 0.236. The molecule has 1 aliphatic rings. The highest BCUT2D eigenvalue weighted by Crippen LogP contribution is 2.36. The Morgan fingerprint density at radius 3 is 2.48 bits per heavy atom. The number of amides is 3. The number of nitrogens with one attached hydrogen (secondary N) is 2. The van der Waals surface area contributed by atoms with E-state index in [-0.39, 0.29) is 12.6 Å². The van der Waals surface area contributed by atoms with Crippen LogP contribution in [-0.4, -0.2) is 36.5 Å². The summed E-state index contributed by atoms with van der Waals surface area (Å²) in [6, 6.07) is 5.97. The van der Waals surface area contributed by atoms with Crippen LogP contribution in [-0.2, 0) is 9.53 Å². The number of urea groups is 1. The standard InChI is InChI=1S/C22H24ClN3O4S/c1-6-30-21(28)16-11(2)13(4)31-20(16)25-19(27)17-12(3)26(5)22(29)24-18(17)14-7-9-15(23)10-8-14/h7-10,18H,6H2,1-5H3,(H,24,29)(H,25,27). The molecule has 1 aromatic heterocycles. The number of anilines is 1. The molecule has 3 rings (SSSR count). The van der Waals surface area contributed by atoms with E-state index >= 15 is 0 Å². The Hall–Kier alpha value is -2.84. The number of carbonyl (C=O) groups is 3. The number of carbonyl (C=O) groups excluding carboxylic acids is 3. The number of allylic oxidation sites excluding steroid dienone is 1. The number of ether oxygens (including phenoxy) is 1. The summed E-state index contributed by atoms with van der Waals surface area (Å²) in [7, 11) is 1.60. The minimum atomic E-state index is -0.658. The molecule has 164 valence electrons. The fourth-order valence-electron chi connectivity index (χ4n) is 3.37. The lowest BCUT2D eigenvalue weighted by Crippen LogP contribution is -2.46. The second kappa shape index (κ2) is 9.11. The van der Waals surface area contributed by atoms with Gasteiger partial charge >= 0.3 is 12.0 Å². The van der Waals surface area contributed by atoms with Gasteiger partial charge in [0, 0.05) is 22.6 Å². The predicted molar refractivity (Wildman–Crippen MR) is 122 cm³/mol. The third-order valence-corrected chi connectivity index (χ3v) is 6.67. The van der Waals surface area contributed by atoms with Gasteiger partial charge in [-0.3, -0.25) is 4.79 Å². The van der Waals surface area contributed by atoms with E-state index in [9.17, 15) is 14.4 Å². The molecular weight excluding hydrogens is 438 g/mol. The first-order valence-electron chi connectivity index (χ1n) is 9.74. The first-order valence-corrected chi connectivity index (χ1v) is 10.9. The van der Waals surface area contributed by atoms with Crippen molar-refractivity contribution in [1.29, 1.82) is 0 Å². The molecule has 0 saturated heterocycles. The van der Waals surface area contributed by atoms with Gasteiger partial charge in [0.2, 0.25) is 0 Å². The molecule has 2 N–H and O–H groups in total. The molecule has 0 fully saturated rings. The van der Waals surface area contributed by atoms with E-state index in [1.807, 2.05) is 13.8 Å². The van der Waals surface area contributed by atoms with Gasteiger partial charge < -0.3 is 20.3 Å². The number of rotatable bonds is 5. The third kappa shape index (κ3) is 4.45. The fraction of sp³-hybridized carbons (Fsp3) is 0.318. The molecule has 9 heteroatoms. The molecule has 1 unspecified atom stereocenters. The van der Waals surface area contributed by atoms with Crippen molar-refractivity contribution in [2.75, 3.05) is 19.0 Å². The summed E-state index contributed by atoms with van der Waals surface area (Å²) >= 11 is 7.31. The number of benzene rings is 1. The highest BCUT2D eigenvalue weighted by molar-refractivity contribution is 7.16. The monoisotopic (exact) mass is 461 g/mol. The van der Waals surface area contributed by atoms with Gasteiger partial charge in [-0.25, -0.2) is 9.59 Å². The number of esters is 1. The van der Waals surface area contributed by atoms with Gasteiger partial charge in [-0.1, -0.05) is 23.7 Å². The van der Waals surface area contributed by atoms with Gasteiger partial charge in [0.25, 0.3) is 5.91 Å². The maximum absolute atomic E-state index is 13.4. The van der Waals surface area contributed by atoms with Crippen molar-refractivity contribution in [3.8, 4) is 0 Å². The van der Waals surface area contributed by atoms with E-state index in [1.165, 1.54) is 16.2 Å². The van der Waals surface area contributed by atoms with Crippen molar-refractivity contribution in [2.45, 2.75) is 33.7 Å². The summed E-state index contributed by atoms with van der Waals surface area (Å²) in [6.45, 7) is 7.39. The van der Waals surface area contributed by atoms with Gasteiger partial charge in [0.15, 0.2) is 0 Å². The summed E-state index contributed by atoms with van der Waals surface area (Å²) in [5.41, 5.74) is 2.74. The van der Waals surface area contributed by atoms with Crippen LogP contribution in [0.5, 0.6) is 0 Å². The average molecular weight is 462 g/mol. The van der Waals surface area contributed by atoms with Gasteiger partial charge in [-0.05, 0) is 51.0 Å². The molecule has 7 nitrogen and oxygen atoms in total. The zero-order valence-electron chi connectivity index (χ0n) is 18.0. The van der Waals surface area contributed by atoms with Crippen molar-refractivity contribution in [2.24, 2.45) is 0 Å². The van der Waals surface area contributed by atoms with Crippen LogP contribution in [0.1, 0.15) is 46.3 Å². The molecule has 1 aromatic carbocycles. The Kier molecular flexibility index (Phi) is 6.71. The van der Waals surface area contributed by atoms with E-state index in [1.54, 1.807) is 45.2 Å². The zero-order chi connectivity index (χ0) is 22.9. The quantitative estimate of drug-likeness (QED) is 0.626. The first-order chi connectivity index (χ1) is 14.6. The van der Waals surface area contributed by atoms with Crippen LogP contribution in [0.3, 0.4) is 0 Å². The summed E-state index contributed by atoms with van der Waals surface area (Å²) < 4.78 is 5.17. The molecule has 0 aliphatic carbocycles. The van der Waals surface area contributed by atoms with Crippen LogP contribution in [0.2, 0.25) is 5.02 Å². The minimum Gasteiger partial charge on any atom is -0.462 e. The van der Waals surface area contributed by atoms with E-state index in [4.69, 9.17) is 16.3 Å². The van der Waals surface area contributed by atoms with Gasteiger partial charge in [-0.15, -0.1) is 11.3 Å². The molecule has 0 bridgehead atoms. The van der Waals surface area contributed by atoms with Crippen LogP contribution in [0.4, 0.5) is 9.80 Å². The van der Waals surface area contributed by atoms with Crippen molar-refractivity contribution in [1.82, 2.24) is 10.2 Å². The fourth-order valence-corrected chi connectivity index (χ4v) is 4.54. The van der Waals surface area contributed by atoms with E-state index < -0.39 is 17.9 Å². The van der Waals surface area contributed by atoms with Crippen LogP contribution >= 0.6 is 22.9 Å². The molecule has 31 heavy (non-hydrogen) atoms. The summed E-state index contributed by atoms with van der Waals surface area (Å²) in [5, 5.41) is 6.71. The average Bonchev–Trinajstić information content (AvgIpc) is 2.99. The van der Waals surface area contributed by atoms with Crippen molar-refractivity contribution < 1.29 is 19.1 Å². The third-order valence-electron chi connectivity index (χ3n) is 5.29. The first kappa shape index (κ1) is 22.8. The molecule has 2 aromatic rings. The summed E-state index contributed by atoms with van der Waals surface area (Å²) in [6.07, 6.45) is 0. The highest BCUT2D eigenvalue weighted by Gasteiger charge is 2.35. The molecule has 1 aliphatic heterocycles. The molecule has 3 amide bonds. The van der Waals surface area contributed by atoms with Crippen molar-refractivity contribution in [3.05, 3.63) is 62.1 Å². The lowest BCUT2D eigenvalue weighted by atomic mass is 9.94. The molecule has 0 radical (unpaired) electrons. The normalized spacial score (nSPS) is 16.3. The Morgan fingerprint density at radius 2 is 1.87 bits per heavy atom. The lowest BCUT2D eigenvalue weighted by molar-refractivity contribution is -0.113. The smallest absolute Gasteiger partial charge is 0.341 e. The Balaban J connectivity index is 2.02. The van der Waals surface area contributed by atoms with Crippen LogP contribution in [0, 0.1) is 13.8 Å². The second-order valence-electron chi connectivity index (χ2n) is 7.15. The predicted octanol–water partition coefficient (Wildman–Crippen LogP) is 4.80. The molecule has 0 spiro atoms. The number of hydrogen-bond acceptors (Lipinski definition) is 5. The van der Waals surface area contributed by atoms with Crippen LogP contribution in [0.15, 0.2) is 35.5 Å². The highest BCUT2D eigenvalue weighted by atomic mass is 35.5. The van der Waals surface area contributed by atoms with Crippen molar-refractivity contribution >= 4 is 45.8 Å². The van der Waals surface area contributed by atoms with E-state index in [0.717, 1.165) is 16.0 Å². The van der Waals surface area contributed by atoms with E-state index in [0.29, 0.717) is 26.9 Å². The molecule has 0 saturated carbocycles. The van der Waals surface area contributed by atoms with Crippen LogP contribution in [0.25, 0.3) is 0 Å². The van der Waals surface area contributed by atoms with Crippen molar-refractivity contribution in [3.63, 3.8) is 0 Å². The number of thiophene rings is 1. The van der Waals surface area contributed by atoms with Gasteiger partial charge in [-0.2, -0.15) is 0 Å². The van der Waals surface area contributed by atoms with Gasteiger partial charge in [0.1, 0.15) is 5.00 Å². The number of aryl methyl sites for hydroxylation is 1. The largest absolute Gasteiger partial charge is 0.462 e. The topological polar surface area (TPSA) is 87.7 Å². The maximum atomic E-state index is 13.4. The Labute approximate surface area is 190 Å². The second-order valence-corrected chi connectivity index (χ2v) is 8.82. The zero-order valence-corrected chi connectivity index (χ0v) is 19.5. The summed E-state index contributed by atoms with van der Waals surface area (Å²) in [5.74, 6) is -0.884. The van der Waals surface area contributed by atoms with Gasteiger partial charge in [0.05, 0.1) is 23.8 Å². The lowest BCUT2D eigenvalue weighted by Gasteiger charge is -2.33. The number of halogens is 1. The molecule has 2 heterocycles. The molecule has 1 atom stereocenters. The van der Waals surface area contributed by atoms with Crippen LogP contribution < -0.4 is 10.6 Å². The summed E-state index contributed by atoms with van der Waals surface area (Å²) in [4.78, 5) is 40.6. The molecular formula is C22H24ClN3O4S. The SMILES string of the molecule is CCOC(=O)c1c(NC(=O)C2=C(C)N(C)C(=O)NC2c2ccc(Cl)cc2)sc(C)c1C. The number of hydrogen-bond donors (Lipinski definition) is 2. The Bertz CT molecular complexity index is 1080. The van der Waals surface area contributed by atoms with E-state index in [2.05, 4.69) is 10.6 Å². The Morgan fingerprint density at radius 1 is 1.23 bits per heavy atom. The number of nitrogens with zero attached hydrogens (tertiary/aromatic N) is 1.